The average molecular weight is 248 g/mol. The van der Waals surface area contributed by atoms with Crippen molar-refractivity contribution in [1.29, 1.82) is 0 Å². The maximum atomic E-state index is 5.71. The second-order valence-corrected chi connectivity index (χ2v) is 5.02. The maximum absolute atomic E-state index is 5.71. The lowest BCUT2D eigenvalue weighted by Gasteiger charge is -2.06. The van der Waals surface area contributed by atoms with Gasteiger partial charge in [-0.1, -0.05) is 0 Å². The fraction of sp³-hybridized carbons (Fsp3) is 0.333. The van der Waals surface area contributed by atoms with Gasteiger partial charge in [-0.05, 0) is 25.5 Å². The zero-order valence-electron chi connectivity index (χ0n) is 10.0. The van der Waals surface area contributed by atoms with E-state index in [-0.39, 0.29) is 0 Å². The molecule has 3 N–H and O–H groups in total. The Labute approximate surface area is 105 Å². The Morgan fingerprint density at radius 1 is 1.41 bits per heavy atom. The molecule has 0 saturated heterocycles. The highest BCUT2D eigenvalue weighted by Gasteiger charge is 2.00. The van der Waals surface area contributed by atoms with Gasteiger partial charge in [0.1, 0.15) is 5.82 Å². The van der Waals surface area contributed by atoms with Gasteiger partial charge in [-0.3, -0.25) is 0 Å². The highest BCUT2D eigenvalue weighted by Crippen LogP contribution is 2.13. The number of nitrogens with two attached hydrogens (primary N) is 1. The van der Waals surface area contributed by atoms with Crippen molar-refractivity contribution < 1.29 is 0 Å². The molecule has 0 radical (unpaired) electrons. The first-order valence-corrected chi connectivity index (χ1v) is 6.40. The van der Waals surface area contributed by atoms with E-state index < -0.39 is 0 Å². The van der Waals surface area contributed by atoms with Crippen LogP contribution in [-0.2, 0) is 6.42 Å². The number of aromatic nitrogens is 2. The third-order valence-electron chi connectivity index (χ3n) is 2.51. The molecule has 2 heterocycles. The largest absolute Gasteiger partial charge is 0.397 e. The van der Waals surface area contributed by atoms with Gasteiger partial charge < -0.3 is 11.1 Å². The van der Waals surface area contributed by atoms with Crippen molar-refractivity contribution in [2.24, 2.45) is 0 Å². The second-order valence-electron chi connectivity index (χ2n) is 3.96. The number of nitrogens with zero attached hydrogens (tertiary/aromatic N) is 2. The molecule has 0 fully saturated rings. The molecule has 0 unspecified atom stereocenters. The van der Waals surface area contributed by atoms with Crippen LogP contribution in [0.1, 0.15) is 16.3 Å². The van der Waals surface area contributed by atoms with Crippen molar-refractivity contribution >= 4 is 22.8 Å². The topological polar surface area (TPSA) is 63.8 Å². The fourth-order valence-corrected chi connectivity index (χ4v) is 2.15. The molecule has 4 nitrogen and oxygen atoms in total. The predicted molar refractivity (Wildman–Crippen MR) is 72.4 cm³/mol. The van der Waals surface area contributed by atoms with Crippen molar-refractivity contribution in [3.8, 4) is 0 Å². The van der Waals surface area contributed by atoms with Crippen LogP contribution in [0, 0.1) is 13.8 Å². The van der Waals surface area contributed by atoms with Gasteiger partial charge in [0.15, 0.2) is 0 Å². The van der Waals surface area contributed by atoms with Crippen LogP contribution in [0.25, 0.3) is 0 Å². The minimum Gasteiger partial charge on any atom is -0.397 e. The van der Waals surface area contributed by atoms with Crippen molar-refractivity contribution in [2.45, 2.75) is 20.3 Å². The lowest BCUT2D eigenvalue weighted by atomic mass is 10.2. The molecular formula is C12H16N4S. The van der Waals surface area contributed by atoms with Gasteiger partial charge >= 0.3 is 0 Å². The lowest BCUT2D eigenvalue weighted by molar-refractivity contribution is 0.960. The van der Waals surface area contributed by atoms with E-state index in [1.165, 1.54) is 0 Å². The molecule has 2 rings (SSSR count). The highest BCUT2D eigenvalue weighted by atomic mass is 32.1. The zero-order chi connectivity index (χ0) is 12.3. The molecule has 0 amide bonds. The van der Waals surface area contributed by atoms with Crippen LogP contribution in [0.5, 0.6) is 0 Å². The van der Waals surface area contributed by atoms with Crippen LogP contribution in [-0.4, -0.2) is 16.5 Å². The fourth-order valence-electron chi connectivity index (χ4n) is 1.50. The lowest BCUT2D eigenvalue weighted by Crippen LogP contribution is -2.07. The van der Waals surface area contributed by atoms with Gasteiger partial charge in [0, 0.05) is 18.3 Å². The first-order chi connectivity index (χ1) is 8.15. The van der Waals surface area contributed by atoms with Crippen molar-refractivity contribution in [3.63, 3.8) is 0 Å². The quantitative estimate of drug-likeness (QED) is 0.872. The molecule has 2 aromatic rings. The molecule has 17 heavy (non-hydrogen) atoms. The number of pyridine rings is 1. The van der Waals surface area contributed by atoms with Gasteiger partial charge in [0.25, 0.3) is 0 Å². The molecule has 0 saturated carbocycles. The van der Waals surface area contributed by atoms with Crippen LogP contribution in [0.3, 0.4) is 0 Å². The Kier molecular flexibility index (Phi) is 3.58. The summed E-state index contributed by atoms with van der Waals surface area (Å²) in [5.74, 6) is 0.864. The van der Waals surface area contributed by atoms with Gasteiger partial charge in [0.2, 0.25) is 0 Å². The molecule has 5 heteroatoms. The van der Waals surface area contributed by atoms with E-state index in [0.29, 0.717) is 0 Å². The second kappa shape index (κ2) is 5.14. The SMILES string of the molecule is Cc1nc(CCNc2cc(C)c(N)cn2)cs1. The van der Waals surface area contributed by atoms with Gasteiger partial charge in [-0.25, -0.2) is 9.97 Å². The van der Waals surface area contributed by atoms with Gasteiger partial charge in [-0.15, -0.1) is 11.3 Å². The maximum Gasteiger partial charge on any atom is 0.126 e. The Morgan fingerprint density at radius 3 is 2.88 bits per heavy atom. The summed E-state index contributed by atoms with van der Waals surface area (Å²) in [6.07, 6.45) is 2.60. The monoisotopic (exact) mass is 248 g/mol. The van der Waals surface area contributed by atoms with E-state index in [2.05, 4.69) is 20.7 Å². The van der Waals surface area contributed by atoms with Crippen LogP contribution >= 0.6 is 11.3 Å². The number of nitrogen functional groups attached to an aromatic ring is 1. The molecule has 90 valence electrons. The molecule has 0 aromatic carbocycles. The number of aryl methyl sites for hydroxylation is 2. The van der Waals surface area contributed by atoms with E-state index >= 15 is 0 Å². The molecule has 0 aliphatic rings. The van der Waals surface area contributed by atoms with E-state index in [0.717, 1.165) is 40.7 Å². The Hall–Kier alpha value is -1.62. The first-order valence-electron chi connectivity index (χ1n) is 5.52. The number of anilines is 2. The van der Waals surface area contributed by atoms with E-state index in [9.17, 15) is 0 Å². The number of hydrogen-bond donors (Lipinski definition) is 2. The van der Waals surface area contributed by atoms with Crippen molar-refractivity contribution in [1.82, 2.24) is 9.97 Å². The molecule has 0 atom stereocenters. The summed E-state index contributed by atoms with van der Waals surface area (Å²) in [5, 5.41) is 6.48. The Morgan fingerprint density at radius 2 is 2.24 bits per heavy atom. The van der Waals surface area contributed by atoms with Crippen LogP contribution in [0.15, 0.2) is 17.6 Å². The summed E-state index contributed by atoms with van der Waals surface area (Å²) in [7, 11) is 0. The molecule has 0 bridgehead atoms. The summed E-state index contributed by atoms with van der Waals surface area (Å²) >= 11 is 1.68. The molecule has 0 spiro atoms. The normalized spacial score (nSPS) is 10.5. The predicted octanol–water partition coefficient (Wildman–Crippen LogP) is 2.39. The number of thiazole rings is 1. The van der Waals surface area contributed by atoms with Crippen LogP contribution in [0.4, 0.5) is 11.5 Å². The number of nitrogens with one attached hydrogen (secondary N) is 1. The third-order valence-corrected chi connectivity index (χ3v) is 3.33. The summed E-state index contributed by atoms with van der Waals surface area (Å²) in [4.78, 5) is 8.63. The van der Waals surface area contributed by atoms with E-state index in [1.807, 2.05) is 19.9 Å². The van der Waals surface area contributed by atoms with Crippen LogP contribution < -0.4 is 11.1 Å². The van der Waals surface area contributed by atoms with E-state index in [1.54, 1.807) is 17.5 Å². The number of rotatable bonds is 4. The minimum atomic E-state index is 0.727. The van der Waals surface area contributed by atoms with Gasteiger partial charge in [-0.2, -0.15) is 0 Å². The summed E-state index contributed by atoms with van der Waals surface area (Å²) < 4.78 is 0. The van der Waals surface area contributed by atoms with E-state index in [4.69, 9.17) is 5.73 Å². The number of hydrogen-bond acceptors (Lipinski definition) is 5. The first kappa shape index (κ1) is 11.9. The van der Waals surface area contributed by atoms with Crippen molar-refractivity contribution in [3.05, 3.63) is 33.9 Å². The summed E-state index contributed by atoms with van der Waals surface area (Å²) in [5.41, 5.74) is 8.62. The molecule has 2 aromatic heterocycles. The average Bonchev–Trinajstić information content (AvgIpc) is 2.70. The summed E-state index contributed by atoms with van der Waals surface area (Å²) in [6, 6.07) is 1.96. The molecule has 0 aliphatic heterocycles. The smallest absolute Gasteiger partial charge is 0.126 e. The minimum absolute atomic E-state index is 0.727. The standard InChI is InChI=1S/C12H16N4S/c1-8-5-12(15-6-11(8)13)14-4-3-10-7-17-9(2)16-10/h5-7H,3-4,13H2,1-2H3,(H,14,15). The molecular weight excluding hydrogens is 232 g/mol. The van der Waals surface area contributed by atoms with Gasteiger partial charge in [0.05, 0.1) is 22.6 Å². The highest BCUT2D eigenvalue weighted by molar-refractivity contribution is 7.09. The Balaban J connectivity index is 1.87. The zero-order valence-corrected chi connectivity index (χ0v) is 10.8. The summed E-state index contributed by atoms with van der Waals surface area (Å²) in [6.45, 7) is 4.83. The Bertz CT molecular complexity index is 507. The van der Waals surface area contributed by atoms with Crippen LogP contribution in [0.2, 0.25) is 0 Å². The third kappa shape index (κ3) is 3.17. The molecule has 0 aliphatic carbocycles. The van der Waals surface area contributed by atoms with Crippen molar-refractivity contribution in [2.75, 3.05) is 17.6 Å².